The summed E-state index contributed by atoms with van der Waals surface area (Å²) < 4.78 is 13.3. The van der Waals surface area contributed by atoms with E-state index in [0.29, 0.717) is 10.6 Å². The van der Waals surface area contributed by atoms with E-state index in [1.54, 1.807) is 12.1 Å². The maximum Gasteiger partial charge on any atom is 0.231 e. The molecule has 0 radical (unpaired) electrons. The predicted octanol–water partition coefficient (Wildman–Crippen LogP) is 1.14. The summed E-state index contributed by atoms with van der Waals surface area (Å²) in [6.45, 7) is -0.0381. The summed E-state index contributed by atoms with van der Waals surface area (Å²) in [5.41, 5.74) is 5.73. The first-order valence-corrected chi connectivity index (χ1v) is 5.43. The molecule has 4 nitrogen and oxygen atoms in total. The van der Waals surface area contributed by atoms with Crippen LogP contribution < -0.4 is 11.1 Å². The van der Waals surface area contributed by atoms with Gasteiger partial charge in [0.15, 0.2) is 0 Å². The van der Waals surface area contributed by atoms with Crippen molar-refractivity contribution in [2.45, 2.75) is 4.90 Å². The molecule has 0 heterocycles. The molecule has 0 aliphatic rings. The van der Waals surface area contributed by atoms with E-state index < -0.39 is 5.82 Å². The fourth-order valence-electron chi connectivity index (χ4n) is 0.967. The highest BCUT2D eigenvalue weighted by atomic mass is 32.2. The Bertz CT molecular complexity index is 431. The van der Waals surface area contributed by atoms with Gasteiger partial charge in [-0.05, 0) is 18.2 Å². The molecule has 0 unspecified atom stereocenters. The Balaban J connectivity index is 2.49. The summed E-state index contributed by atoms with van der Waals surface area (Å²) >= 11 is 1.06. The van der Waals surface area contributed by atoms with Crippen LogP contribution in [0.3, 0.4) is 0 Å². The number of amides is 1. The molecular weight excluding hydrogens is 229 g/mol. The normalized spacial score (nSPS) is 9.50. The third-order valence-corrected chi connectivity index (χ3v) is 2.73. The number of nitrogens with zero attached hydrogens (tertiary/aromatic N) is 1. The first-order chi connectivity index (χ1) is 7.63. The highest BCUT2D eigenvalue weighted by Gasteiger charge is 2.06. The number of benzene rings is 1. The average molecular weight is 239 g/mol. The van der Waals surface area contributed by atoms with Gasteiger partial charge in [0.1, 0.15) is 12.4 Å². The molecule has 0 aliphatic heterocycles. The summed E-state index contributed by atoms with van der Waals surface area (Å²) in [6, 6.07) is 6.08. The first-order valence-electron chi connectivity index (χ1n) is 4.45. The largest absolute Gasteiger partial charge is 0.399 e. The molecule has 1 rings (SSSR count). The van der Waals surface area contributed by atoms with Gasteiger partial charge in [0.25, 0.3) is 0 Å². The van der Waals surface area contributed by atoms with Gasteiger partial charge in [-0.3, -0.25) is 4.79 Å². The van der Waals surface area contributed by atoms with Crippen LogP contribution >= 0.6 is 11.8 Å². The van der Waals surface area contributed by atoms with Crippen LogP contribution in [0.25, 0.3) is 0 Å². The van der Waals surface area contributed by atoms with Crippen molar-refractivity contribution in [2.24, 2.45) is 0 Å². The van der Waals surface area contributed by atoms with Gasteiger partial charge in [-0.2, -0.15) is 5.26 Å². The second-order valence-electron chi connectivity index (χ2n) is 2.91. The van der Waals surface area contributed by atoms with Gasteiger partial charge in [-0.25, -0.2) is 4.39 Å². The number of nitrogen functional groups attached to an aromatic ring is 1. The fraction of sp³-hybridized carbons (Fsp3) is 0.200. The molecule has 0 saturated heterocycles. The van der Waals surface area contributed by atoms with E-state index in [1.807, 2.05) is 0 Å². The summed E-state index contributed by atoms with van der Waals surface area (Å²) in [6.07, 6.45) is 0. The van der Waals surface area contributed by atoms with E-state index in [-0.39, 0.29) is 18.2 Å². The zero-order valence-corrected chi connectivity index (χ0v) is 9.18. The lowest BCUT2D eigenvalue weighted by Gasteiger charge is -2.03. The summed E-state index contributed by atoms with van der Waals surface area (Å²) in [4.78, 5) is 11.5. The molecule has 1 aromatic carbocycles. The number of hydrogen-bond acceptors (Lipinski definition) is 4. The van der Waals surface area contributed by atoms with Crippen molar-refractivity contribution in [1.29, 1.82) is 5.26 Å². The van der Waals surface area contributed by atoms with Crippen LogP contribution in [0.1, 0.15) is 0 Å². The Hall–Kier alpha value is -1.74. The second kappa shape index (κ2) is 5.98. The Morgan fingerprint density at radius 3 is 3.00 bits per heavy atom. The van der Waals surface area contributed by atoms with E-state index in [1.165, 1.54) is 12.1 Å². The van der Waals surface area contributed by atoms with Crippen LogP contribution in [-0.2, 0) is 4.79 Å². The number of nitrogens with two attached hydrogens (primary N) is 1. The molecule has 1 amide bonds. The molecule has 0 atom stereocenters. The Morgan fingerprint density at radius 2 is 2.38 bits per heavy atom. The van der Waals surface area contributed by atoms with Gasteiger partial charge in [0.05, 0.1) is 11.8 Å². The quantitative estimate of drug-likeness (QED) is 0.469. The zero-order chi connectivity index (χ0) is 12.0. The number of halogens is 1. The third-order valence-electron chi connectivity index (χ3n) is 1.68. The lowest BCUT2D eigenvalue weighted by atomic mass is 10.3. The Morgan fingerprint density at radius 1 is 1.62 bits per heavy atom. The minimum absolute atomic E-state index is 0.0381. The van der Waals surface area contributed by atoms with Crippen LogP contribution in [0, 0.1) is 17.1 Å². The minimum Gasteiger partial charge on any atom is -0.399 e. The van der Waals surface area contributed by atoms with Crippen LogP contribution in [0.15, 0.2) is 23.1 Å². The average Bonchev–Trinajstić information content (AvgIpc) is 2.25. The van der Waals surface area contributed by atoms with Crippen LogP contribution in [0.5, 0.6) is 0 Å². The van der Waals surface area contributed by atoms with Gasteiger partial charge in [-0.1, -0.05) is 0 Å². The molecule has 0 bridgehead atoms. The summed E-state index contributed by atoms with van der Waals surface area (Å²) in [7, 11) is 0. The van der Waals surface area contributed by atoms with E-state index in [9.17, 15) is 9.18 Å². The summed E-state index contributed by atoms with van der Waals surface area (Å²) in [5.74, 6) is -0.677. The SMILES string of the molecule is N#CCNC(=O)CSc1ccc(N)cc1F. The minimum atomic E-state index is -0.446. The Kier molecular flexibility index (Phi) is 4.61. The Labute approximate surface area is 96.6 Å². The number of hydrogen-bond donors (Lipinski definition) is 2. The molecule has 0 aliphatic carbocycles. The van der Waals surface area contributed by atoms with E-state index in [0.717, 1.165) is 11.8 Å². The number of thioether (sulfide) groups is 1. The smallest absolute Gasteiger partial charge is 0.231 e. The van der Waals surface area contributed by atoms with Gasteiger partial charge >= 0.3 is 0 Å². The number of carbonyl (C=O) groups is 1. The van der Waals surface area contributed by atoms with Crippen molar-refractivity contribution < 1.29 is 9.18 Å². The van der Waals surface area contributed by atoms with Gasteiger partial charge in [-0.15, -0.1) is 11.8 Å². The standard InChI is InChI=1S/C10H10FN3OS/c11-8-5-7(13)1-2-9(8)16-6-10(15)14-4-3-12/h1-2,5H,4,6,13H2,(H,14,15). The van der Waals surface area contributed by atoms with Crippen LogP contribution in [0.4, 0.5) is 10.1 Å². The number of nitrogens with one attached hydrogen (secondary N) is 1. The van der Waals surface area contributed by atoms with Crippen LogP contribution in [0.2, 0.25) is 0 Å². The van der Waals surface area contributed by atoms with Crippen molar-refractivity contribution >= 4 is 23.4 Å². The molecule has 3 N–H and O–H groups in total. The second-order valence-corrected chi connectivity index (χ2v) is 3.93. The van der Waals surface area contributed by atoms with Crippen molar-refractivity contribution in [2.75, 3.05) is 18.0 Å². The highest BCUT2D eigenvalue weighted by molar-refractivity contribution is 8.00. The van der Waals surface area contributed by atoms with Crippen LogP contribution in [-0.4, -0.2) is 18.2 Å². The molecule has 0 saturated carbocycles. The number of anilines is 1. The van der Waals surface area contributed by atoms with Gasteiger partial charge in [0.2, 0.25) is 5.91 Å². The lowest BCUT2D eigenvalue weighted by molar-refractivity contribution is -0.118. The van der Waals surface area contributed by atoms with Crippen molar-refractivity contribution in [3.63, 3.8) is 0 Å². The number of rotatable bonds is 4. The first kappa shape index (κ1) is 12.3. The maximum absolute atomic E-state index is 13.3. The molecule has 0 fully saturated rings. The van der Waals surface area contributed by atoms with Gasteiger partial charge < -0.3 is 11.1 Å². The number of nitriles is 1. The van der Waals surface area contributed by atoms with E-state index in [4.69, 9.17) is 11.0 Å². The number of carbonyl (C=O) groups excluding carboxylic acids is 1. The monoisotopic (exact) mass is 239 g/mol. The van der Waals surface area contributed by atoms with Gasteiger partial charge in [0, 0.05) is 10.6 Å². The summed E-state index contributed by atoms with van der Waals surface area (Å²) in [5, 5.41) is 10.6. The molecule has 84 valence electrons. The van der Waals surface area contributed by atoms with E-state index >= 15 is 0 Å². The molecule has 16 heavy (non-hydrogen) atoms. The van der Waals surface area contributed by atoms with Crippen molar-refractivity contribution in [3.8, 4) is 6.07 Å². The molecule has 6 heteroatoms. The third kappa shape index (κ3) is 3.79. The highest BCUT2D eigenvalue weighted by Crippen LogP contribution is 2.22. The molecule has 0 aromatic heterocycles. The van der Waals surface area contributed by atoms with Crippen molar-refractivity contribution in [1.82, 2.24) is 5.32 Å². The van der Waals surface area contributed by atoms with E-state index in [2.05, 4.69) is 5.32 Å². The topological polar surface area (TPSA) is 78.9 Å². The van der Waals surface area contributed by atoms with Crippen molar-refractivity contribution in [3.05, 3.63) is 24.0 Å². The molecule has 0 spiro atoms. The predicted molar refractivity (Wildman–Crippen MR) is 60.2 cm³/mol. The maximum atomic E-state index is 13.3. The fourth-order valence-corrected chi connectivity index (χ4v) is 1.72. The zero-order valence-electron chi connectivity index (χ0n) is 8.37. The molecular formula is C10H10FN3OS. The lowest BCUT2D eigenvalue weighted by Crippen LogP contribution is -2.25. The molecule has 1 aromatic rings.